The molecule has 0 atom stereocenters. The third-order valence-electron chi connectivity index (χ3n) is 1.77. The van der Waals surface area contributed by atoms with Gasteiger partial charge in [0, 0.05) is 13.2 Å². The van der Waals surface area contributed by atoms with Gasteiger partial charge in [-0.25, -0.2) is 0 Å². The van der Waals surface area contributed by atoms with E-state index >= 15 is 0 Å². The first-order valence-corrected chi connectivity index (χ1v) is 7.23. The zero-order chi connectivity index (χ0) is 9.42. The quantitative estimate of drug-likeness (QED) is 0.453. The number of hydrogen-bond acceptors (Lipinski definition) is 3. The number of thioether (sulfide) groups is 1. The molecule has 0 fully saturated rings. The van der Waals surface area contributed by atoms with Crippen molar-refractivity contribution >= 4 is 68.4 Å². The topological polar surface area (TPSA) is 0 Å². The zero-order valence-corrected chi connectivity index (χ0v) is 11.6. The Kier molecular flexibility index (Phi) is 3.12. The number of thiol groups is 1. The van der Waals surface area contributed by atoms with Crippen molar-refractivity contribution in [2.24, 2.45) is 0 Å². The van der Waals surface area contributed by atoms with E-state index < -0.39 is 0 Å². The third-order valence-corrected chi connectivity index (χ3v) is 5.08. The molecule has 1 aromatic carbocycles. The summed E-state index contributed by atoms with van der Waals surface area (Å²) in [5, 5.41) is 1.31. The Morgan fingerprint density at radius 3 is 2.85 bits per heavy atom. The molecular weight excluding hydrogens is 331 g/mol. The van der Waals surface area contributed by atoms with Gasteiger partial charge >= 0.3 is 0 Å². The lowest BCUT2D eigenvalue weighted by Gasteiger charge is -1.98. The van der Waals surface area contributed by atoms with E-state index in [0.717, 1.165) is 4.21 Å². The number of halogens is 1. The minimum atomic E-state index is 1.09. The van der Waals surface area contributed by atoms with E-state index in [2.05, 4.69) is 59.7 Å². The van der Waals surface area contributed by atoms with Gasteiger partial charge in [0.05, 0.1) is 4.21 Å². The standard InChI is InChI=1S/C9H7IS3/c1-12-6-2-5-3-8(11)13-9(5)7(10)4-6/h2-4,11H,1H3. The van der Waals surface area contributed by atoms with E-state index in [1.165, 1.54) is 18.6 Å². The first-order chi connectivity index (χ1) is 6.20. The molecule has 13 heavy (non-hydrogen) atoms. The summed E-state index contributed by atoms with van der Waals surface area (Å²) in [5.74, 6) is 0. The second-order valence-corrected chi connectivity index (χ2v) is 6.49. The lowest BCUT2D eigenvalue weighted by Crippen LogP contribution is -1.74. The van der Waals surface area contributed by atoms with Gasteiger partial charge in [0.15, 0.2) is 0 Å². The molecule has 0 spiro atoms. The van der Waals surface area contributed by atoms with Gasteiger partial charge in [-0.2, -0.15) is 0 Å². The average molecular weight is 338 g/mol. The summed E-state index contributed by atoms with van der Waals surface area (Å²) < 4.78 is 3.76. The average Bonchev–Trinajstić information content (AvgIpc) is 2.46. The van der Waals surface area contributed by atoms with Gasteiger partial charge in [-0.1, -0.05) is 0 Å². The Bertz CT molecular complexity index is 447. The van der Waals surface area contributed by atoms with Crippen LogP contribution in [0.2, 0.25) is 0 Å². The van der Waals surface area contributed by atoms with E-state index in [9.17, 15) is 0 Å². The first-order valence-electron chi connectivity index (χ1n) is 3.67. The van der Waals surface area contributed by atoms with Crippen LogP contribution in [0.5, 0.6) is 0 Å². The van der Waals surface area contributed by atoms with Crippen LogP contribution >= 0.6 is 58.3 Å². The molecule has 4 heteroatoms. The van der Waals surface area contributed by atoms with Crippen LogP contribution in [0.15, 0.2) is 27.3 Å². The molecule has 68 valence electrons. The predicted molar refractivity (Wildman–Crippen MR) is 73.6 cm³/mol. The van der Waals surface area contributed by atoms with Crippen molar-refractivity contribution in [3.8, 4) is 0 Å². The highest BCUT2D eigenvalue weighted by molar-refractivity contribution is 14.1. The van der Waals surface area contributed by atoms with Crippen LogP contribution in [-0.2, 0) is 0 Å². The molecule has 0 saturated carbocycles. The fourth-order valence-corrected chi connectivity index (χ4v) is 4.06. The number of fused-ring (bicyclic) bond motifs is 1. The number of benzene rings is 1. The molecule has 0 amide bonds. The van der Waals surface area contributed by atoms with Gasteiger partial charge < -0.3 is 0 Å². The Morgan fingerprint density at radius 2 is 2.15 bits per heavy atom. The SMILES string of the molecule is CSc1cc(I)c2sc(S)cc2c1. The summed E-state index contributed by atoms with van der Waals surface area (Å²) in [6, 6.07) is 6.57. The molecule has 0 aliphatic heterocycles. The van der Waals surface area contributed by atoms with E-state index in [1.54, 1.807) is 23.1 Å². The molecule has 0 aliphatic carbocycles. The van der Waals surface area contributed by atoms with Crippen LogP contribution in [0.1, 0.15) is 0 Å². The number of thiophene rings is 1. The molecule has 0 nitrogen and oxygen atoms in total. The van der Waals surface area contributed by atoms with Crippen molar-refractivity contribution in [1.82, 2.24) is 0 Å². The highest BCUT2D eigenvalue weighted by Crippen LogP contribution is 2.34. The molecule has 0 aliphatic rings. The van der Waals surface area contributed by atoms with Crippen molar-refractivity contribution < 1.29 is 0 Å². The monoisotopic (exact) mass is 338 g/mol. The van der Waals surface area contributed by atoms with Crippen LogP contribution in [0.25, 0.3) is 10.1 Å². The maximum atomic E-state index is 4.36. The Labute approximate surface area is 105 Å². The Balaban J connectivity index is 2.75. The second kappa shape index (κ2) is 4.00. The van der Waals surface area contributed by atoms with Gasteiger partial charge in [-0.15, -0.1) is 35.7 Å². The van der Waals surface area contributed by atoms with Crippen molar-refractivity contribution in [3.05, 3.63) is 21.8 Å². The highest BCUT2D eigenvalue weighted by Gasteiger charge is 2.04. The molecule has 0 saturated heterocycles. The maximum absolute atomic E-state index is 4.36. The normalized spacial score (nSPS) is 11.0. The summed E-state index contributed by atoms with van der Waals surface area (Å²) in [4.78, 5) is 1.32. The van der Waals surface area contributed by atoms with E-state index in [1.807, 2.05) is 0 Å². The lowest BCUT2D eigenvalue weighted by atomic mass is 10.3. The zero-order valence-electron chi connectivity index (χ0n) is 6.87. The molecule has 0 unspecified atom stereocenters. The van der Waals surface area contributed by atoms with E-state index in [4.69, 9.17) is 0 Å². The third kappa shape index (κ3) is 2.00. The summed E-state index contributed by atoms with van der Waals surface area (Å²) in [5.41, 5.74) is 0. The smallest absolute Gasteiger partial charge is 0.0581 e. The largest absolute Gasteiger partial charge is 0.133 e. The van der Waals surface area contributed by atoms with Gasteiger partial charge in [-0.05, 0) is 52.4 Å². The maximum Gasteiger partial charge on any atom is 0.0581 e. The summed E-state index contributed by atoms with van der Waals surface area (Å²) >= 11 is 10.3. The molecule has 1 aromatic heterocycles. The molecule has 1 heterocycles. The Morgan fingerprint density at radius 1 is 1.38 bits per heavy atom. The second-order valence-electron chi connectivity index (χ2n) is 2.61. The molecule has 2 rings (SSSR count). The van der Waals surface area contributed by atoms with E-state index in [-0.39, 0.29) is 0 Å². The van der Waals surface area contributed by atoms with Crippen molar-refractivity contribution in [3.63, 3.8) is 0 Å². The minimum absolute atomic E-state index is 1.09. The van der Waals surface area contributed by atoms with Gasteiger partial charge in [0.1, 0.15) is 0 Å². The van der Waals surface area contributed by atoms with Gasteiger partial charge in [0.2, 0.25) is 0 Å². The summed E-state index contributed by atoms with van der Waals surface area (Å²) in [6.45, 7) is 0. The molecule has 0 N–H and O–H groups in total. The summed E-state index contributed by atoms with van der Waals surface area (Å²) in [6.07, 6.45) is 2.10. The molecule has 2 aromatic rings. The fraction of sp³-hybridized carbons (Fsp3) is 0.111. The van der Waals surface area contributed by atoms with Crippen LogP contribution in [0, 0.1) is 3.57 Å². The van der Waals surface area contributed by atoms with Crippen molar-refractivity contribution in [1.29, 1.82) is 0 Å². The fourth-order valence-electron chi connectivity index (χ4n) is 1.19. The van der Waals surface area contributed by atoms with Crippen molar-refractivity contribution in [2.45, 2.75) is 9.10 Å². The van der Waals surface area contributed by atoms with Crippen LogP contribution in [0.4, 0.5) is 0 Å². The number of rotatable bonds is 1. The molecule has 0 radical (unpaired) electrons. The van der Waals surface area contributed by atoms with Crippen LogP contribution in [0.3, 0.4) is 0 Å². The van der Waals surface area contributed by atoms with E-state index in [0.29, 0.717) is 0 Å². The first kappa shape index (κ1) is 10.1. The molecule has 0 bridgehead atoms. The lowest BCUT2D eigenvalue weighted by molar-refractivity contribution is 1.50. The molecular formula is C9H7IS3. The van der Waals surface area contributed by atoms with Gasteiger partial charge in [-0.3, -0.25) is 0 Å². The van der Waals surface area contributed by atoms with Crippen molar-refractivity contribution in [2.75, 3.05) is 6.26 Å². The summed E-state index contributed by atoms with van der Waals surface area (Å²) in [7, 11) is 0. The Hall–Kier alpha value is 0.610. The van der Waals surface area contributed by atoms with Crippen LogP contribution < -0.4 is 0 Å². The predicted octanol–water partition coefficient (Wildman–Crippen LogP) is 4.52. The number of hydrogen-bond donors (Lipinski definition) is 1. The minimum Gasteiger partial charge on any atom is -0.133 e. The van der Waals surface area contributed by atoms with Crippen LogP contribution in [-0.4, -0.2) is 6.26 Å². The highest BCUT2D eigenvalue weighted by atomic mass is 127. The van der Waals surface area contributed by atoms with Gasteiger partial charge in [0.25, 0.3) is 0 Å².